The highest BCUT2D eigenvalue weighted by molar-refractivity contribution is 9.10. The summed E-state index contributed by atoms with van der Waals surface area (Å²) < 4.78 is 52.5. The maximum Gasteiger partial charge on any atom is 0.246 e. The molecule has 114 valence electrons. The zero-order chi connectivity index (χ0) is 14.2. The molecule has 1 aliphatic heterocycles. The minimum absolute atomic E-state index is 0. The second-order valence-electron chi connectivity index (χ2n) is 4.45. The summed E-state index contributed by atoms with van der Waals surface area (Å²) in [6.45, 7) is 0.966. The van der Waals surface area contributed by atoms with E-state index in [1.54, 1.807) is 0 Å². The van der Waals surface area contributed by atoms with Gasteiger partial charge in [-0.25, -0.2) is 17.2 Å². The van der Waals surface area contributed by atoms with Crippen LogP contribution in [0.25, 0.3) is 0 Å². The molecule has 0 aromatic heterocycles. The predicted octanol–water partition coefficient (Wildman–Crippen LogP) is 2.12. The summed E-state index contributed by atoms with van der Waals surface area (Å²) >= 11 is 2.86. The molecule has 1 heterocycles. The lowest BCUT2D eigenvalue weighted by Crippen LogP contribution is -2.30. The summed E-state index contributed by atoms with van der Waals surface area (Å²) in [5.74, 6) is -1.84. The standard InChI is InChI=1S/C11H13BrF2N2O2S.ClH/c12-8-3-11(10(14)4-9(8)13)19(17,18)16-2-1-7(5-15)6-16;/h3-4,7H,1-2,5-6,15H2;1H. The van der Waals surface area contributed by atoms with Gasteiger partial charge in [-0.15, -0.1) is 12.4 Å². The first kappa shape index (κ1) is 17.8. The summed E-state index contributed by atoms with van der Waals surface area (Å²) in [6, 6.07) is 1.52. The van der Waals surface area contributed by atoms with Gasteiger partial charge in [0.2, 0.25) is 10.0 Å². The maximum atomic E-state index is 13.7. The molecule has 1 saturated heterocycles. The first-order valence-corrected chi connectivity index (χ1v) is 7.94. The average molecular weight is 392 g/mol. The molecular weight excluding hydrogens is 378 g/mol. The van der Waals surface area contributed by atoms with Crippen molar-refractivity contribution in [2.45, 2.75) is 11.3 Å². The Labute approximate surface area is 130 Å². The van der Waals surface area contributed by atoms with Crippen molar-refractivity contribution in [1.82, 2.24) is 4.31 Å². The first-order valence-electron chi connectivity index (χ1n) is 5.71. The second kappa shape index (κ2) is 6.65. The normalized spacial score (nSPS) is 19.9. The van der Waals surface area contributed by atoms with Crippen molar-refractivity contribution in [3.8, 4) is 0 Å². The van der Waals surface area contributed by atoms with E-state index in [1.807, 2.05) is 0 Å². The van der Waals surface area contributed by atoms with Crippen LogP contribution in [0.1, 0.15) is 6.42 Å². The van der Waals surface area contributed by atoms with Gasteiger partial charge in [-0.3, -0.25) is 0 Å². The quantitative estimate of drug-likeness (QED) is 0.803. The molecule has 2 N–H and O–H groups in total. The Hall–Kier alpha value is -0.280. The lowest BCUT2D eigenvalue weighted by atomic mass is 10.1. The molecular formula is C11H14BrClF2N2O2S. The molecule has 9 heteroatoms. The Balaban J connectivity index is 0.00000200. The highest BCUT2D eigenvalue weighted by atomic mass is 79.9. The van der Waals surface area contributed by atoms with Crippen molar-refractivity contribution < 1.29 is 17.2 Å². The summed E-state index contributed by atoms with van der Waals surface area (Å²) in [5.41, 5.74) is 5.50. The van der Waals surface area contributed by atoms with E-state index in [9.17, 15) is 17.2 Å². The highest BCUT2D eigenvalue weighted by Gasteiger charge is 2.34. The van der Waals surface area contributed by atoms with E-state index in [4.69, 9.17) is 5.73 Å². The fourth-order valence-corrected chi connectivity index (χ4v) is 4.15. The number of halogens is 4. The molecule has 4 nitrogen and oxygen atoms in total. The molecule has 0 aliphatic carbocycles. The van der Waals surface area contributed by atoms with Crippen molar-refractivity contribution in [3.05, 3.63) is 28.2 Å². The van der Waals surface area contributed by atoms with E-state index in [0.717, 1.165) is 6.07 Å². The Kier molecular flexibility index (Phi) is 5.91. The van der Waals surface area contributed by atoms with Gasteiger partial charge in [0.05, 0.1) is 4.47 Å². The fraction of sp³-hybridized carbons (Fsp3) is 0.455. The number of sulfonamides is 1. The molecule has 1 fully saturated rings. The zero-order valence-corrected chi connectivity index (χ0v) is 13.6. The van der Waals surface area contributed by atoms with Crippen LogP contribution in [0.15, 0.2) is 21.5 Å². The third-order valence-corrected chi connectivity index (χ3v) is 5.66. The second-order valence-corrected chi connectivity index (χ2v) is 7.21. The van der Waals surface area contributed by atoms with E-state index in [-0.39, 0.29) is 29.3 Å². The van der Waals surface area contributed by atoms with E-state index in [2.05, 4.69) is 15.9 Å². The van der Waals surface area contributed by atoms with Gasteiger partial charge in [0, 0.05) is 19.2 Å². The summed E-state index contributed by atoms with van der Waals surface area (Å²) in [6.07, 6.45) is 0.652. The van der Waals surface area contributed by atoms with Gasteiger partial charge in [-0.05, 0) is 40.9 Å². The van der Waals surface area contributed by atoms with Crippen molar-refractivity contribution in [3.63, 3.8) is 0 Å². The van der Waals surface area contributed by atoms with Crippen molar-refractivity contribution >= 4 is 38.4 Å². The van der Waals surface area contributed by atoms with Gasteiger partial charge in [-0.2, -0.15) is 4.31 Å². The number of nitrogens with two attached hydrogens (primary N) is 1. The van der Waals surface area contributed by atoms with Gasteiger partial charge >= 0.3 is 0 Å². The van der Waals surface area contributed by atoms with Crippen molar-refractivity contribution in [1.29, 1.82) is 0 Å². The molecule has 1 atom stereocenters. The maximum absolute atomic E-state index is 13.7. The van der Waals surface area contributed by atoms with Gasteiger partial charge in [-0.1, -0.05) is 0 Å². The molecule has 0 amide bonds. The minimum atomic E-state index is -3.95. The SMILES string of the molecule is Cl.NCC1CCN(S(=O)(=O)c2cc(Br)c(F)cc2F)C1. The third kappa shape index (κ3) is 3.30. The lowest BCUT2D eigenvalue weighted by Gasteiger charge is -2.17. The van der Waals surface area contributed by atoms with Crippen LogP contribution in [-0.2, 0) is 10.0 Å². The Bertz CT molecular complexity index is 600. The number of nitrogens with zero attached hydrogens (tertiary/aromatic N) is 1. The monoisotopic (exact) mass is 390 g/mol. The average Bonchev–Trinajstić information content (AvgIpc) is 2.83. The zero-order valence-electron chi connectivity index (χ0n) is 10.4. The van der Waals surface area contributed by atoms with Crippen LogP contribution >= 0.6 is 28.3 Å². The fourth-order valence-electron chi connectivity index (χ4n) is 2.05. The number of hydrogen-bond donors (Lipinski definition) is 1. The minimum Gasteiger partial charge on any atom is -0.330 e. The van der Waals surface area contributed by atoms with Gasteiger partial charge in [0.1, 0.15) is 16.5 Å². The molecule has 1 aliphatic rings. The van der Waals surface area contributed by atoms with Crippen LogP contribution in [0.3, 0.4) is 0 Å². The van der Waals surface area contributed by atoms with Gasteiger partial charge in [0.15, 0.2) is 0 Å². The molecule has 1 aromatic carbocycles. The van der Waals surface area contributed by atoms with Crippen molar-refractivity contribution in [2.75, 3.05) is 19.6 Å². The van der Waals surface area contributed by atoms with E-state index in [1.165, 1.54) is 4.31 Å². The van der Waals surface area contributed by atoms with Gasteiger partial charge < -0.3 is 5.73 Å². The topological polar surface area (TPSA) is 63.4 Å². The highest BCUT2D eigenvalue weighted by Crippen LogP contribution is 2.28. The molecule has 0 saturated carbocycles. The largest absolute Gasteiger partial charge is 0.330 e. The molecule has 0 bridgehead atoms. The summed E-state index contributed by atoms with van der Waals surface area (Å²) in [4.78, 5) is -0.515. The molecule has 2 rings (SSSR count). The van der Waals surface area contributed by atoms with Crippen LogP contribution < -0.4 is 5.73 Å². The summed E-state index contributed by atoms with van der Waals surface area (Å²) in [7, 11) is -3.95. The number of rotatable bonds is 3. The van der Waals surface area contributed by atoms with E-state index in [0.29, 0.717) is 25.6 Å². The molecule has 1 aromatic rings. The van der Waals surface area contributed by atoms with Crippen molar-refractivity contribution in [2.24, 2.45) is 11.7 Å². The van der Waals surface area contributed by atoms with Gasteiger partial charge in [0.25, 0.3) is 0 Å². The molecule has 20 heavy (non-hydrogen) atoms. The van der Waals surface area contributed by atoms with E-state index >= 15 is 0 Å². The third-order valence-electron chi connectivity index (χ3n) is 3.17. The lowest BCUT2D eigenvalue weighted by molar-refractivity contribution is 0.452. The number of benzene rings is 1. The van der Waals surface area contributed by atoms with Crippen LogP contribution in [0, 0.1) is 17.6 Å². The number of hydrogen-bond acceptors (Lipinski definition) is 3. The Morgan fingerprint density at radius 3 is 2.55 bits per heavy atom. The molecule has 0 radical (unpaired) electrons. The van der Waals surface area contributed by atoms with Crippen LogP contribution in [-0.4, -0.2) is 32.4 Å². The van der Waals surface area contributed by atoms with Crippen LogP contribution in [0.5, 0.6) is 0 Å². The first-order chi connectivity index (χ1) is 8.86. The Morgan fingerprint density at radius 2 is 2.00 bits per heavy atom. The smallest absolute Gasteiger partial charge is 0.246 e. The molecule has 1 unspecified atom stereocenters. The van der Waals surface area contributed by atoms with Crippen LogP contribution in [0.2, 0.25) is 0 Å². The van der Waals surface area contributed by atoms with Crippen LogP contribution in [0.4, 0.5) is 8.78 Å². The predicted molar refractivity (Wildman–Crippen MR) is 77.2 cm³/mol. The molecule has 0 spiro atoms. The Morgan fingerprint density at radius 1 is 1.35 bits per heavy atom. The van der Waals surface area contributed by atoms with E-state index < -0.39 is 26.6 Å². The summed E-state index contributed by atoms with van der Waals surface area (Å²) in [5, 5.41) is 0.